The highest BCUT2D eigenvalue weighted by atomic mass is 16.7. The van der Waals surface area contributed by atoms with E-state index in [0.717, 1.165) is 11.1 Å². The molecule has 5 rings (SSSR count). The molecule has 42 heavy (non-hydrogen) atoms. The van der Waals surface area contributed by atoms with Gasteiger partial charge in [-0.3, -0.25) is 4.79 Å². The van der Waals surface area contributed by atoms with Crippen molar-refractivity contribution in [3.63, 3.8) is 0 Å². The summed E-state index contributed by atoms with van der Waals surface area (Å²) in [5, 5.41) is 4.06. The van der Waals surface area contributed by atoms with Crippen molar-refractivity contribution in [2.24, 2.45) is 5.11 Å². The lowest BCUT2D eigenvalue weighted by atomic mass is 9.83. The number of hydrogen-bond donors (Lipinski definition) is 0. The molecule has 218 valence electrons. The van der Waals surface area contributed by atoms with E-state index in [1.54, 1.807) is 30.3 Å². The minimum atomic E-state index is -1.33. The van der Waals surface area contributed by atoms with Gasteiger partial charge in [0.25, 0.3) is 0 Å². The van der Waals surface area contributed by atoms with Gasteiger partial charge < -0.3 is 28.4 Å². The number of benzene rings is 3. The predicted molar refractivity (Wildman–Crippen MR) is 148 cm³/mol. The monoisotopic (exact) mass is 573 g/mol. The molecule has 7 atom stereocenters. The van der Waals surface area contributed by atoms with Crippen LogP contribution in [0.2, 0.25) is 0 Å². The second-order valence-electron chi connectivity index (χ2n) is 9.90. The summed E-state index contributed by atoms with van der Waals surface area (Å²) in [6, 6.07) is 26.6. The molecule has 0 unspecified atom stereocenters. The van der Waals surface area contributed by atoms with Crippen LogP contribution in [0.5, 0.6) is 0 Å². The van der Waals surface area contributed by atoms with Crippen LogP contribution in [-0.4, -0.2) is 55.3 Å². The van der Waals surface area contributed by atoms with E-state index < -0.39 is 54.6 Å². The number of ether oxygens (including phenoxy) is 6. The number of carbonyl (C=O) groups is 2. The van der Waals surface area contributed by atoms with Crippen LogP contribution in [0.4, 0.5) is 0 Å². The molecule has 1 aliphatic heterocycles. The molecular formula is C31H31N3O8. The fraction of sp³-hybridized carbons (Fsp3) is 0.355. The molecule has 11 heteroatoms. The topological polar surface area (TPSA) is 138 Å². The normalized spacial score (nSPS) is 25.5. The zero-order chi connectivity index (χ0) is 29.3. The molecule has 0 N–H and O–H groups in total. The summed E-state index contributed by atoms with van der Waals surface area (Å²) in [7, 11) is 0. The van der Waals surface area contributed by atoms with Gasteiger partial charge in [-0.05, 0) is 16.7 Å². The Kier molecular flexibility index (Phi) is 9.81. The second kappa shape index (κ2) is 14.1. The first kappa shape index (κ1) is 29.2. The second-order valence-corrected chi connectivity index (χ2v) is 9.90. The van der Waals surface area contributed by atoms with E-state index in [4.69, 9.17) is 28.4 Å². The van der Waals surface area contributed by atoms with E-state index in [0.29, 0.717) is 5.56 Å². The van der Waals surface area contributed by atoms with Crippen molar-refractivity contribution in [2.75, 3.05) is 6.79 Å². The average Bonchev–Trinajstić information content (AvgIpc) is 3.50. The van der Waals surface area contributed by atoms with Gasteiger partial charge >= 0.3 is 11.9 Å². The zero-order valence-corrected chi connectivity index (χ0v) is 22.9. The van der Waals surface area contributed by atoms with E-state index >= 15 is 0 Å². The van der Waals surface area contributed by atoms with E-state index in [1.165, 1.54) is 6.92 Å². The van der Waals surface area contributed by atoms with E-state index in [9.17, 15) is 15.1 Å². The highest BCUT2D eigenvalue weighted by molar-refractivity contribution is 5.80. The molecule has 2 aliphatic rings. The lowest BCUT2D eigenvalue weighted by Crippen LogP contribution is -2.64. The van der Waals surface area contributed by atoms with Crippen LogP contribution in [0, 0.1) is 0 Å². The van der Waals surface area contributed by atoms with E-state index in [1.807, 2.05) is 60.7 Å². The molecule has 1 saturated carbocycles. The van der Waals surface area contributed by atoms with Crippen LogP contribution >= 0.6 is 0 Å². The number of nitrogens with zero attached hydrogens (tertiary/aromatic N) is 3. The lowest BCUT2D eigenvalue weighted by molar-refractivity contribution is -0.209. The Labute approximate surface area is 242 Å². The van der Waals surface area contributed by atoms with E-state index in [-0.39, 0.29) is 20.0 Å². The maximum atomic E-state index is 13.6. The van der Waals surface area contributed by atoms with Gasteiger partial charge in [0.05, 0.1) is 25.4 Å². The fourth-order valence-corrected chi connectivity index (χ4v) is 5.20. The van der Waals surface area contributed by atoms with E-state index in [2.05, 4.69) is 10.0 Å². The largest absolute Gasteiger partial charge is 0.454 e. The molecule has 0 bridgehead atoms. The molecule has 1 aliphatic carbocycles. The van der Waals surface area contributed by atoms with Crippen LogP contribution in [0.15, 0.2) is 96.1 Å². The van der Waals surface area contributed by atoms with Gasteiger partial charge in [0.1, 0.15) is 25.1 Å². The molecule has 1 heterocycles. The molecule has 0 aromatic heterocycles. The van der Waals surface area contributed by atoms with Crippen molar-refractivity contribution < 1.29 is 38.0 Å². The van der Waals surface area contributed by atoms with Crippen molar-refractivity contribution in [1.82, 2.24) is 0 Å². The summed E-state index contributed by atoms with van der Waals surface area (Å²) < 4.78 is 35.9. The smallest absolute Gasteiger partial charge is 0.352 e. The number of azide groups is 1. The van der Waals surface area contributed by atoms with Crippen molar-refractivity contribution in [3.05, 3.63) is 118 Å². The minimum Gasteiger partial charge on any atom is -0.454 e. The maximum Gasteiger partial charge on any atom is 0.352 e. The maximum absolute atomic E-state index is 13.6. The SMILES string of the molecule is CC(=O)O[C@@H](C(=O)O[C@H]1[C@H]2OCO[C@H]2[C@H](OCc2ccccc2)[C@H](N=[N+]=[N-])[C@@H]1OCc1ccccc1)c1ccccc1. The van der Waals surface area contributed by atoms with Crippen molar-refractivity contribution in [2.45, 2.75) is 62.8 Å². The Morgan fingerprint density at radius 3 is 1.90 bits per heavy atom. The molecule has 0 spiro atoms. The summed E-state index contributed by atoms with van der Waals surface area (Å²) in [6.07, 6.45) is -5.71. The lowest BCUT2D eigenvalue weighted by Gasteiger charge is -2.45. The molecule has 3 aromatic rings. The Hall–Kier alpha value is -4.25. The van der Waals surface area contributed by atoms with Gasteiger partial charge in [-0.2, -0.15) is 0 Å². The zero-order valence-electron chi connectivity index (χ0n) is 22.9. The Morgan fingerprint density at radius 2 is 1.36 bits per heavy atom. The molecule has 2 fully saturated rings. The highest BCUT2D eigenvalue weighted by Gasteiger charge is 2.57. The number of carbonyl (C=O) groups excluding carboxylic acids is 2. The third kappa shape index (κ3) is 6.96. The number of fused-ring (bicyclic) bond motifs is 1. The first-order valence-corrected chi connectivity index (χ1v) is 13.6. The molecular weight excluding hydrogens is 542 g/mol. The summed E-state index contributed by atoms with van der Waals surface area (Å²) in [6.45, 7) is 1.47. The first-order valence-electron chi connectivity index (χ1n) is 13.6. The van der Waals surface area contributed by atoms with Crippen LogP contribution in [0.1, 0.15) is 29.7 Å². The summed E-state index contributed by atoms with van der Waals surface area (Å²) >= 11 is 0. The third-order valence-electron chi connectivity index (χ3n) is 7.10. The Balaban J connectivity index is 1.46. The van der Waals surface area contributed by atoms with Gasteiger partial charge in [0.2, 0.25) is 6.10 Å². The summed E-state index contributed by atoms with van der Waals surface area (Å²) in [5.74, 6) is -1.48. The fourth-order valence-electron chi connectivity index (χ4n) is 5.20. The summed E-state index contributed by atoms with van der Waals surface area (Å²) in [4.78, 5) is 28.6. The third-order valence-corrected chi connectivity index (χ3v) is 7.10. The highest BCUT2D eigenvalue weighted by Crippen LogP contribution is 2.38. The first-order chi connectivity index (χ1) is 20.5. The molecule has 11 nitrogen and oxygen atoms in total. The van der Waals surface area contributed by atoms with Gasteiger partial charge in [0, 0.05) is 17.4 Å². The van der Waals surface area contributed by atoms with Gasteiger partial charge in [0.15, 0.2) is 6.10 Å². The number of rotatable bonds is 11. The minimum absolute atomic E-state index is 0.0883. The average molecular weight is 574 g/mol. The quantitative estimate of drug-likeness (QED) is 0.138. The predicted octanol–water partition coefficient (Wildman–Crippen LogP) is 4.81. The van der Waals surface area contributed by atoms with Crippen molar-refractivity contribution >= 4 is 11.9 Å². The molecule has 1 saturated heterocycles. The number of esters is 2. The molecule has 0 radical (unpaired) electrons. The molecule has 0 amide bonds. The van der Waals surface area contributed by atoms with Gasteiger partial charge in [-0.15, -0.1) is 0 Å². The molecule has 3 aromatic carbocycles. The van der Waals surface area contributed by atoms with Crippen LogP contribution < -0.4 is 0 Å². The Bertz CT molecular complexity index is 1370. The van der Waals surface area contributed by atoms with Crippen LogP contribution in [0.25, 0.3) is 10.4 Å². The standard InChI is InChI=1S/C31H31N3O8/c1-20(35)41-25(23-15-9-4-10-16-23)31(36)42-30-27(38-18-22-13-7-3-8-14-22)24(33-34-32)26(28-29(30)40-19-39-28)37-17-21-11-5-2-6-12-21/h2-16,24-30H,17-19H2,1H3/t24-,25+,26+,27-,28-,29-,30+/m0/s1. The summed E-state index contributed by atoms with van der Waals surface area (Å²) in [5.41, 5.74) is 11.8. The number of hydrogen-bond acceptors (Lipinski definition) is 9. The Morgan fingerprint density at radius 1 is 0.833 bits per heavy atom. The van der Waals surface area contributed by atoms with Crippen LogP contribution in [0.3, 0.4) is 0 Å². The van der Waals surface area contributed by atoms with Gasteiger partial charge in [-0.25, -0.2) is 4.79 Å². The van der Waals surface area contributed by atoms with Crippen molar-refractivity contribution in [3.8, 4) is 0 Å². The van der Waals surface area contributed by atoms with Crippen molar-refractivity contribution in [1.29, 1.82) is 0 Å². The van der Waals surface area contributed by atoms with Gasteiger partial charge in [-0.1, -0.05) is 96.1 Å². The van der Waals surface area contributed by atoms with Crippen LogP contribution in [-0.2, 0) is 51.2 Å².